The Labute approximate surface area is 177 Å². The number of anilines is 2. The van der Waals surface area contributed by atoms with Gasteiger partial charge in [-0.15, -0.1) is 0 Å². The molecule has 0 spiro atoms. The number of amides is 1. The second kappa shape index (κ2) is 9.04. The number of nitrogens with one attached hydrogen (secondary N) is 1. The monoisotopic (exact) mass is 458 g/mol. The van der Waals surface area contributed by atoms with Crippen molar-refractivity contribution in [1.82, 2.24) is 0 Å². The molecular formula is C20H21F3N2O5S. The van der Waals surface area contributed by atoms with Gasteiger partial charge in [0.1, 0.15) is 13.2 Å². The van der Waals surface area contributed by atoms with Crippen LogP contribution in [0.25, 0.3) is 0 Å². The third-order valence-electron chi connectivity index (χ3n) is 4.45. The SMILES string of the molecule is CS(=O)(=O)N(CCCC(=O)Nc1cccc(C(F)(F)F)c1)c1ccc2c(c1)OCCO2. The highest BCUT2D eigenvalue weighted by Gasteiger charge is 2.30. The predicted octanol–water partition coefficient (Wildman–Crippen LogP) is 3.66. The van der Waals surface area contributed by atoms with Crippen molar-refractivity contribution in [2.75, 3.05) is 35.6 Å². The summed E-state index contributed by atoms with van der Waals surface area (Å²) in [6, 6.07) is 9.05. The van der Waals surface area contributed by atoms with E-state index in [0.717, 1.165) is 22.7 Å². The van der Waals surface area contributed by atoms with E-state index in [0.29, 0.717) is 30.4 Å². The lowest BCUT2D eigenvalue weighted by atomic mass is 10.2. The van der Waals surface area contributed by atoms with Crippen LogP contribution in [0.1, 0.15) is 18.4 Å². The number of sulfonamides is 1. The molecule has 1 heterocycles. The van der Waals surface area contributed by atoms with Crippen LogP contribution in [0.15, 0.2) is 42.5 Å². The molecule has 3 rings (SSSR count). The van der Waals surface area contributed by atoms with E-state index in [1.54, 1.807) is 18.2 Å². The Balaban J connectivity index is 1.62. The number of rotatable bonds is 7. The third kappa shape index (κ3) is 6.03. The smallest absolute Gasteiger partial charge is 0.416 e. The molecule has 1 amide bonds. The number of benzene rings is 2. The van der Waals surface area contributed by atoms with Gasteiger partial charge in [-0.05, 0) is 36.8 Å². The summed E-state index contributed by atoms with van der Waals surface area (Å²) in [7, 11) is -3.64. The topological polar surface area (TPSA) is 84.9 Å². The van der Waals surface area contributed by atoms with Gasteiger partial charge >= 0.3 is 6.18 Å². The van der Waals surface area contributed by atoms with E-state index in [4.69, 9.17) is 9.47 Å². The predicted molar refractivity (Wildman–Crippen MR) is 109 cm³/mol. The highest BCUT2D eigenvalue weighted by molar-refractivity contribution is 7.92. The maximum atomic E-state index is 12.8. The quantitative estimate of drug-likeness (QED) is 0.685. The molecule has 11 heteroatoms. The molecule has 0 unspecified atom stereocenters. The lowest BCUT2D eigenvalue weighted by Gasteiger charge is -2.25. The highest BCUT2D eigenvalue weighted by atomic mass is 32.2. The number of ether oxygens (including phenoxy) is 2. The van der Waals surface area contributed by atoms with Gasteiger partial charge in [0.2, 0.25) is 15.9 Å². The standard InChI is InChI=1S/C20H21F3N2O5S/c1-31(27,28)25(16-7-8-17-18(13-16)30-11-10-29-17)9-3-6-19(26)24-15-5-2-4-14(12-15)20(21,22)23/h2,4-5,7-8,12-13H,3,6,9-11H2,1H3,(H,24,26). The molecule has 0 fully saturated rings. The molecule has 1 aliphatic rings. The summed E-state index contributed by atoms with van der Waals surface area (Å²) in [6.45, 7) is 0.767. The van der Waals surface area contributed by atoms with E-state index in [2.05, 4.69) is 5.32 Å². The summed E-state index contributed by atoms with van der Waals surface area (Å²) in [5.41, 5.74) is -0.483. The first kappa shape index (κ1) is 22.7. The maximum absolute atomic E-state index is 12.8. The summed E-state index contributed by atoms with van der Waals surface area (Å²) in [5.74, 6) is 0.429. The first-order valence-corrected chi connectivity index (χ1v) is 11.2. The third-order valence-corrected chi connectivity index (χ3v) is 5.65. The fraction of sp³-hybridized carbons (Fsp3) is 0.350. The van der Waals surface area contributed by atoms with Crippen LogP contribution in [-0.2, 0) is 21.0 Å². The van der Waals surface area contributed by atoms with E-state index in [-0.39, 0.29) is 25.1 Å². The van der Waals surface area contributed by atoms with Gasteiger partial charge in [-0.25, -0.2) is 8.42 Å². The van der Waals surface area contributed by atoms with Crippen molar-refractivity contribution in [3.63, 3.8) is 0 Å². The number of carbonyl (C=O) groups is 1. The molecule has 31 heavy (non-hydrogen) atoms. The van der Waals surface area contributed by atoms with Gasteiger partial charge in [0.25, 0.3) is 0 Å². The van der Waals surface area contributed by atoms with Gasteiger partial charge in [-0.2, -0.15) is 13.2 Å². The summed E-state index contributed by atoms with van der Waals surface area (Å²) in [5, 5.41) is 2.40. The number of fused-ring (bicyclic) bond motifs is 1. The molecule has 168 valence electrons. The Hall–Kier alpha value is -2.95. The molecule has 2 aromatic carbocycles. The van der Waals surface area contributed by atoms with Gasteiger partial charge < -0.3 is 14.8 Å². The van der Waals surface area contributed by atoms with Crippen LogP contribution >= 0.6 is 0 Å². The summed E-state index contributed by atoms with van der Waals surface area (Å²) >= 11 is 0. The van der Waals surface area contributed by atoms with E-state index < -0.39 is 27.7 Å². The van der Waals surface area contributed by atoms with Crippen molar-refractivity contribution in [3.8, 4) is 11.5 Å². The molecule has 0 atom stereocenters. The Morgan fingerprint density at radius 1 is 1.10 bits per heavy atom. The minimum absolute atomic E-state index is 0.00842. The van der Waals surface area contributed by atoms with Crippen LogP contribution in [0.3, 0.4) is 0 Å². The fourth-order valence-corrected chi connectivity index (χ4v) is 4.01. The van der Waals surface area contributed by atoms with Crippen LogP contribution in [0.4, 0.5) is 24.5 Å². The lowest BCUT2D eigenvalue weighted by molar-refractivity contribution is -0.137. The van der Waals surface area contributed by atoms with Crippen molar-refractivity contribution < 1.29 is 35.9 Å². The molecule has 0 aromatic heterocycles. The minimum atomic E-state index is -4.51. The molecule has 1 aliphatic heterocycles. The zero-order valence-corrected chi connectivity index (χ0v) is 17.4. The van der Waals surface area contributed by atoms with E-state index in [9.17, 15) is 26.4 Å². The summed E-state index contributed by atoms with van der Waals surface area (Å²) < 4.78 is 74.9. The van der Waals surface area contributed by atoms with Gasteiger partial charge in [0.15, 0.2) is 11.5 Å². The first-order chi connectivity index (χ1) is 14.5. The number of nitrogens with zero attached hydrogens (tertiary/aromatic N) is 1. The summed E-state index contributed by atoms with van der Waals surface area (Å²) in [6.07, 6.45) is -3.38. The van der Waals surface area contributed by atoms with Gasteiger partial charge in [0.05, 0.1) is 17.5 Å². The molecule has 0 bridgehead atoms. The molecule has 1 N–H and O–H groups in total. The number of hydrogen-bond acceptors (Lipinski definition) is 5. The molecule has 0 radical (unpaired) electrons. The number of halogens is 3. The molecule has 2 aromatic rings. The average Bonchev–Trinajstić information content (AvgIpc) is 2.69. The zero-order valence-electron chi connectivity index (χ0n) is 16.6. The second-order valence-corrected chi connectivity index (χ2v) is 8.80. The van der Waals surface area contributed by atoms with Crippen LogP contribution in [0.2, 0.25) is 0 Å². The van der Waals surface area contributed by atoms with Crippen molar-refractivity contribution >= 4 is 27.3 Å². The normalized spacial score (nSPS) is 13.5. The minimum Gasteiger partial charge on any atom is -0.486 e. The van der Waals surface area contributed by atoms with E-state index in [1.807, 2.05) is 0 Å². The number of carbonyl (C=O) groups excluding carboxylic acids is 1. The lowest BCUT2D eigenvalue weighted by Crippen LogP contribution is -2.31. The van der Waals surface area contributed by atoms with Crippen LogP contribution in [0.5, 0.6) is 11.5 Å². The van der Waals surface area contributed by atoms with Crippen molar-refractivity contribution in [1.29, 1.82) is 0 Å². The molecule has 0 saturated heterocycles. The van der Waals surface area contributed by atoms with Crippen molar-refractivity contribution in [3.05, 3.63) is 48.0 Å². The Bertz CT molecular complexity index is 1060. The summed E-state index contributed by atoms with van der Waals surface area (Å²) in [4.78, 5) is 12.1. The van der Waals surface area contributed by atoms with Crippen LogP contribution < -0.4 is 19.1 Å². The van der Waals surface area contributed by atoms with Gasteiger partial charge in [0, 0.05) is 24.7 Å². The van der Waals surface area contributed by atoms with E-state index in [1.165, 1.54) is 12.1 Å². The largest absolute Gasteiger partial charge is 0.486 e. The Kier molecular flexibility index (Phi) is 6.63. The average molecular weight is 458 g/mol. The number of hydrogen-bond donors (Lipinski definition) is 1. The Morgan fingerprint density at radius 3 is 2.48 bits per heavy atom. The van der Waals surface area contributed by atoms with Gasteiger partial charge in [-0.3, -0.25) is 9.10 Å². The zero-order chi connectivity index (χ0) is 22.6. The molecule has 0 saturated carbocycles. The Morgan fingerprint density at radius 2 is 1.81 bits per heavy atom. The fourth-order valence-electron chi connectivity index (χ4n) is 3.05. The van der Waals surface area contributed by atoms with Crippen molar-refractivity contribution in [2.45, 2.75) is 19.0 Å². The van der Waals surface area contributed by atoms with Gasteiger partial charge in [-0.1, -0.05) is 6.07 Å². The maximum Gasteiger partial charge on any atom is 0.416 e. The van der Waals surface area contributed by atoms with E-state index >= 15 is 0 Å². The van der Waals surface area contributed by atoms with Crippen molar-refractivity contribution in [2.24, 2.45) is 0 Å². The molecule has 7 nitrogen and oxygen atoms in total. The second-order valence-electron chi connectivity index (χ2n) is 6.89. The van der Waals surface area contributed by atoms with Crippen LogP contribution in [0, 0.1) is 0 Å². The highest BCUT2D eigenvalue weighted by Crippen LogP contribution is 2.35. The number of alkyl halides is 3. The molecule has 0 aliphatic carbocycles. The first-order valence-electron chi connectivity index (χ1n) is 9.38. The van der Waals surface area contributed by atoms with Crippen LogP contribution in [-0.4, -0.2) is 40.3 Å². The molecular weight excluding hydrogens is 437 g/mol.